The molecule has 291 valence electrons. The Balaban J connectivity index is 0.000000688. The minimum atomic E-state index is -1.14. The number of alkyl halides is 1. The van der Waals surface area contributed by atoms with Crippen LogP contribution in [0.1, 0.15) is 24.4 Å². The van der Waals surface area contributed by atoms with E-state index in [1.807, 2.05) is 26.6 Å². The summed E-state index contributed by atoms with van der Waals surface area (Å²) in [6.45, 7) is 11.8. The molecule has 21 heteroatoms. The fraction of sp³-hybridized carbons (Fsp3) is 0.364. The summed E-state index contributed by atoms with van der Waals surface area (Å²) in [4.78, 5) is 55.9. The predicted molar refractivity (Wildman–Crippen MR) is 237 cm³/mol. The first kappa shape index (κ1) is 50.0. The van der Waals surface area contributed by atoms with Crippen LogP contribution in [0.15, 0.2) is 72.8 Å². The van der Waals surface area contributed by atoms with Gasteiger partial charge in [0.25, 0.3) is 33.6 Å². The van der Waals surface area contributed by atoms with Gasteiger partial charge in [-0.3, -0.25) is 20.2 Å². The number of non-ortho nitro benzene ring substituents is 2. The summed E-state index contributed by atoms with van der Waals surface area (Å²) in [5.74, 6) is 0.920. The van der Waals surface area contributed by atoms with E-state index in [2.05, 4.69) is 77.0 Å². The molecule has 0 aliphatic carbocycles. The Hall–Kier alpha value is -2.03. The SMILES string of the molecule is C[Si](C)(C)Cl.Nc1ccc(C2CN([B]C=O)C2)cc1.O=C[B]N1CC(I)C1.O=C[B]N1CC(c2ccc([N+](=O)[O-])cc2)C1.O=[N+]([O-])c1ccc(I)cc1.[HH].[Pd]. The second kappa shape index (κ2) is 26.0. The average Bonchev–Trinajstić information content (AvgIpc) is 3.04. The Morgan fingerprint density at radius 1 is 0.704 bits per heavy atom. The monoisotopic (exact) mass is 1090 g/mol. The number of nitro benzene ring substituents is 2. The molecule has 3 heterocycles. The van der Waals surface area contributed by atoms with Crippen molar-refractivity contribution in [2.24, 2.45) is 0 Å². The summed E-state index contributed by atoms with van der Waals surface area (Å²) < 4.78 is 1.76. The van der Waals surface area contributed by atoms with E-state index in [9.17, 15) is 34.6 Å². The fourth-order valence-corrected chi connectivity index (χ4v) is 6.10. The molecule has 0 bridgehead atoms. The van der Waals surface area contributed by atoms with Gasteiger partial charge in [0.05, 0.1) is 28.4 Å². The van der Waals surface area contributed by atoms with Crippen LogP contribution in [-0.2, 0) is 34.8 Å². The maximum Gasteiger partial charge on any atom is 0.293 e. The van der Waals surface area contributed by atoms with Crippen molar-refractivity contribution in [2.45, 2.75) is 35.4 Å². The van der Waals surface area contributed by atoms with Gasteiger partial charge in [0.2, 0.25) is 0 Å². The van der Waals surface area contributed by atoms with Crippen LogP contribution in [0.25, 0.3) is 0 Å². The summed E-state index contributed by atoms with van der Waals surface area (Å²) in [6, 6.07) is 20.9. The second-order valence-corrected chi connectivity index (χ2v) is 23.6. The van der Waals surface area contributed by atoms with Crippen LogP contribution in [0.3, 0.4) is 0 Å². The second-order valence-electron chi connectivity index (χ2n) is 13.0. The van der Waals surface area contributed by atoms with E-state index in [1.54, 1.807) is 39.1 Å². The molecule has 6 rings (SSSR count). The number of carbonyl (C=O) groups excluding carboxylic acids is 3. The molecule has 3 radical (unpaired) electrons. The number of halogens is 3. The zero-order valence-corrected chi connectivity index (χ0v) is 37.6. The van der Waals surface area contributed by atoms with Crippen LogP contribution >= 0.6 is 56.3 Å². The zero-order chi connectivity index (χ0) is 39.6. The number of carbonyl (C=O) groups is 3. The largest absolute Gasteiger partial charge is 0.399 e. The van der Waals surface area contributed by atoms with E-state index in [4.69, 9.17) is 16.8 Å². The van der Waals surface area contributed by atoms with Crippen LogP contribution in [0, 0.1) is 23.8 Å². The third-order valence-electron chi connectivity index (χ3n) is 7.52. The summed E-state index contributed by atoms with van der Waals surface area (Å²) in [6.07, 6.45) is 2.44. The molecule has 0 saturated carbocycles. The molecule has 3 aliphatic heterocycles. The molecular weight excluding hydrogens is 1050 g/mol. The molecule has 0 aromatic heterocycles. The minimum absolute atomic E-state index is 0. The number of nitrogens with two attached hydrogens (primary N) is 1. The number of anilines is 1. The summed E-state index contributed by atoms with van der Waals surface area (Å²) in [5.41, 5.74) is 9.03. The molecule has 3 fully saturated rings. The standard InChI is InChI=1S/C10H10BN2O3.C10H12BN2O.C6H4INO2.C4H6BINO.C3H9ClSi.Pd.H2/c14-7-11-12-5-9(6-12)8-1-3-10(4-2-8)13(15)16;12-10-3-1-8(2-4-10)9-5-13(6-9)11-7-14;7-5-1-3-6(4-2-5)8(9)10;6-4-1-7(2-4)5-3-8;1-5(2,3)4;;/h1-4,7,9H,5-6H2;1-4,7,9H,5-6,12H2;1-4H;3-4H,1-2H2;1-3H3;;1H. The number of hydrogen-bond acceptors (Lipinski definition) is 11. The van der Waals surface area contributed by atoms with Crippen molar-refractivity contribution >= 4 is 122 Å². The van der Waals surface area contributed by atoms with Gasteiger partial charge in [0, 0.05) is 84.2 Å². The van der Waals surface area contributed by atoms with Gasteiger partial charge in [-0.1, -0.05) is 66.5 Å². The van der Waals surface area contributed by atoms with Gasteiger partial charge < -0.3 is 34.6 Å². The van der Waals surface area contributed by atoms with E-state index in [-0.39, 0.29) is 33.2 Å². The molecule has 3 aromatic rings. The molecule has 2 N–H and O–H groups in total. The Kier molecular flexibility index (Phi) is 24.1. The van der Waals surface area contributed by atoms with Crippen molar-refractivity contribution in [1.82, 2.24) is 14.4 Å². The quantitative estimate of drug-likeness (QED) is 0.0386. The molecule has 3 aromatic carbocycles. The number of hydrogen-bond donors (Lipinski definition) is 1. The van der Waals surface area contributed by atoms with Crippen molar-refractivity contribution in [1.29, 1.82) is 0 Å². The number of rotatable bonds is 10. The first-order valence-corrected chi connectivity index (χ1v) is 23.3. The number of nitrogen functional groups attached to an aromatic ring is 1. The van der Waals surface area contributed by atoms with Crippen LogP contribution in [-0.4, -0.2) is 116 Å². The average molecular weight is 1090 g/mol. The fourth-order valence-electron chi connectivity index (χ4n) is 4.72. The number of nitrogens with zero attached hydrogens (tertiary/aromatic N) is 5. The van der Waals surface area contributed by atoms with Crippen LogP contribution in [0.4, 0.5) is 17.1 Å². The van der Waals surface area contributed by atoms with E-state index in [1.165, 1.54) is 37.2 Å². The molecule has 13 nitrogen and oxygen atoms in total. The first-order chi connectivity index (χ1) is 25.0. The molecule has 3 saturated heterocycles. The Labute approximate surface area is 367 Å². The van der Waals surface area contributed by atoms with Gasteiger partial charge in [-0.25, -0.2) is 0 Å². The van der Waals surface area contributed by atoms with Crippen LogP contribution < -0.4 is 5.73 Å². The van der Waals surface area contributed by atoms with E-state index in [0.29, 0.717) is 11.8 Å². The molecule has 0 amide bonds. The Morgan fingerprint density at radius 2 is 1.00 bits per heavy atom. The Morgan fingerprint density at radius 3 is 1.30 bits per heavy atom. The third-order valence-corrected chi connectivity index (χ3v) is 9.03. The maximum absolute atomic E-state index is 10.5. The smallest absolute Gasteiger partial charge is 0.293 e. The van der Waals surface area contributed by atoms with Crippen molar-refractivity contribution < 1.29 is 46.1 Å². The van der Waals surface area contributed by atoms with Gasteiger partial charge in [-0.15, -0.1) is 0 Å². The van der Waals surface area contributed by atoms with Crippen molar-refractivity contribution in [2.75, 3.05) is 45.0 Å². The Bertz CT molecular complexity index is 1610. The van der Waals surface area contributed by atoms with Crippen molar-refractivity contribution in [3.8, 4) is 0 Å². The van der Waals surface area contributed by atoms with E-state index < -0.39 is 17.2 Å². The molecule has 3 aliphatic rings. The van der Waals surface area contributed by atoms with Crippen LogP contribution in [0.2, 0.25) is 19.6 Å². The molecule has 0 atom stereocenters. The summed E-state index contributed by atoms with van der Waals surface area (Å²) in [5, 5.41) is 20.6. The molecule has 54 heavy (non-hydrogen) atoms. The van der Waals surface area contributed by atoms with Gasteiger partial charge in [-0.05, 0) is 84.2 Å². The van der Waals surface area contributed by atoms with Gasteiger partial charge >= 0.3 is 0 Å². The maximum atomic E-state index is 10.5. The molecule has 0 spiro atoms. The third kappa shape index (κ3) is 20.2. The summed E-state index contributed by atoms with van der Waals surface area (Å²) in [7, 11) is 3.56. The number of nitro groups is 2. The topological polar surface area (TPSA) is 173 Å². The normalized spacial score (nSPS) is 15.5. The number of benzene rings is 3. The minimum Gasteiger partial charge on any atom is -0.399 e. The van der Waals surface area contributed by atoms with E-state index >= 15 is 0 Å². The van der Waals surface area contributed by atoms with Gasteiger partial charge in [0.15, 0.2) is 0 Å². The summed E-state index contributed by atoms with van der Waals surface area (Å²) >= 11 is 10.1. The zero-order valence-electron chi connectivity index (χ0n) is 30.0. The predicted octanol–water partition coefficient (Wildman–Crippen LogP) is 5.70. The van der Waals surface area contributed by atoms with Gasteiger partial charge in [-0.2, -0.15) is 11.1 Å². The molecule has 0 unspecified atom stereocenters. The van der Waals surface area contributed by atoms with Gasteiger partial charge in [0.1, 0.15) is 7.38 Å². The van der Waals surface area contributed by atoms with Crippen molar-refractivity contribution in [3.63, 3.8) is 0 Å². The van der Waals surface area contributed by atoms with Crippen LogP contribution in [0.5, 0.6) is 0 Å². The van der Waals surface area contributed by atoms with Crippen molar-refractivity contribution in [3.05, 3.63) is 108 Å². The first-order valence-electron chi connectivity index (χ1n) is 16.4. The van der Waals surface area contributed by atoms with E-state index in [0.717, 1.165) is 76.6 Å². The molecular formula is C33H43B3ClI2N6O7PdSi.